The molecule has 0 aliphatic heterocycles. The van der Waals surface area contributed by atoms with Crippen LogP contribution in [0.1, 0.15) is 11.1 Å². The van der Waals surface area contributed by atoms with Crippen LogP contribution in [0.15, 0.2) is 40.1 Å². The number of hydrogen-bond acceptors (Lipinski definition) is 2. The fourth-order valence-corrected chi connectivity index (χ4v) is 2.15. The molecule has 4 nitrogen and oxygen atoms in total. The molecule has 4 heteroatoms. The van der Waals surface area contributed by atoms with E-state index < -0.39 is 0 Å². The van der Waals surface area contributed by atoms with Crippen molar-refractivity contribution in [3.8, 4) is 0 Å². The predicted octanol–water partition coefficient (Wildman–Crippen LogP) is 1.76. The summed E-state index contributed by atoms with van der Waals surface area (Å²) in [5.41, 5.74) is 3.91. The van der Waals surface area contributed by atoms with Crippen LogP contribution in [0.25, 0.3) is 16.6 Å². The lowest BCUT2D eigenvalue weighted by molar-refractivity contribution is 1.14. The molecule has 18 heavy (non-hydrogen) atoms. The van der Waals surface area contributed by atoms with Crippen molar-refractivity contribution in [2.24, 2.45) is 0 Å². The van der Waals surface area contributed by atoms with Crippen LogP contribution in [0.5, 0.6) is 0 Å². The minimum Gasteiger partial charge on any atom is -0.319 e. The van der Waals surface area contributed by atoms with E-state index in [1.807, 2.05) is 26.0 Å². The highest BCUT2D eigenvalue weighted by atomic mass is 16.1. The fraction of sp³-hybridized carbons (Fsp3) is 0.143. The number of aromatic nitrogens is 2. The van der Waals surface area contributed by atoms with Crippen LogP contribution in [0.4, 0.5) is 0 Å². The molecular weight excluding hydrogens is 228 g/mol. The highest BCUT2D eigenvalue weighted by Crippen LogP contribution is 2.16. The zero-order chi connectivity index (χ0) is 12.9. The molecule has 0 radical (unpaired) electrons. The SMILES string of the molecule is Cc1cc2[nH]c(=O)c3cc(=O)ccn3c2cc1C. The van der Waals surface area contributed by atoms with Crippen molar-refractivity contribution in [3.63, 3.8) is 0 Å². The Labute approximate surface area is 103 Å². The van der Waals surface area contributed by atoms with E-state index >= 15 is 0 Å². The van der Waals surface area contributed by atoms with Gasteiger partial charge in [0.2, 0.25) is 0 Å². The number of pyridine rings is 1. The molecule has 0 fully saturated rings. The van der Waals surface area contributed by atoms with Gasteiger partial charge in [-0.05, 0) is 37.1 Å². The molecule has 0 aliphatic rings. The van der Waals surface area contributed by atoms with Gasteiger partial charge in [-0.15, -0.1) is 0 Å². The van der Waals surface area contributed by atoms with Crippen LogP contribution >= 0.6 is 0 Å². The van der Waals surface area contributed by atoms with Gasteiger partial charge in [0.05, 0.1) is 11.0 Å². The van der Waals surface area contributed by atoms with E-state index in [2.05, 4.69) is 4.98 Å². The Bertz CT molecular complexity index is 888. The van der Waals surface area contributed by atoms with Crippen LogP contribution in [-0.2, 0) is 0 Å². The summed E-state index contributed by atoms with van der Waals surface area (Å²) in [4.78, 5) is 26.1. The van der Waals surface area contributed by atoms with E-state index in [1.54, 1.807) is 10.6 Å². The number of nitrogens with one attached hydrogen (secondary N) is 1. The maximum Gasteiger partial charge on any atom is 0.272 e. The average molecular weight is 240 g/mol. The van der Waals surface area contributed by atoms with Crippen molar-refractivity contribution in [3.05, 3.63) is 62.2 Å². The number of aromatic amines is 1. The van der Waals surface area contributed by atoms with E-state index in [-0.39, 0.29) is 11.0 Å². The highest BCUT2D eigenvalue weighted by Gasteiger charge is 2.05. The summed E-state index contributed by atoms with van der Waals surface area (Å²) in [6, 6.07) is 6.77. The molecule has 3 rings (SSSR count). The maximum atomic E-state index is 11.9. The number of H-pyrrole nitrogens is 1. The number of fused-ring (bicyclic) bond motifs is 3. The first kappa shape index (κ1) is 10.8. The second-order valence-electron chi connectivity index (χ2n) is 4.53. The first-order chi connectivity index (χ1) is 8.56. The van der Waals surface area contributed by atoms with Gasteiger partial charge in [-0.3, -0.25) is 9.59 Å². The topological polar surface area (TPSA) is 54.3 Å². The van der Waals surface area contributed by atoms with Crippen LogP contribution < -0.4 is 11.0 Å². The first-order valence-electron chi connectivity index (χ1n) is 5.72. The van der Waals surface area contributed by atoms with Crippen LogP contribution in [0.2, 0.25) is 0 Å². The first-order valence-corrected chi connectivity index (χ1v) is 5.72. The van der Waals surface area contributed by atoms with Crippen molar-refractivity contribution in [1.82, 2.24) is 9.38 Å². The van der Waals surface area contributed by atoms with Crippen molar-refractivity contribution < 1.29 is 0 Å². The van der Waals surface area contributed by atoms with Crippen LogP contribution in [0, 0.1) is 13.8 Å². The lowest BCUT2D eigenvalue weighted by Crippen LogP contribution is -2.14. The largest absolute Gasteiger partial charge is 0.319 e. The molecule has 0 amide bonds. The second kappa shape index (κ2) is 3.57. The van der Waals surface area contributed by atoms with E-state index in [4.69, 9.17) is 0 Å². The standard InChI is InChI=1S/C14H12N2O2/c1-8-5-11-12(6-9(8)2)16-4-3-10(17)7-13(16)14(18)15-11/h3-7H,1-2H3,(H,15,18). The Kier molecular flexibility index (Phi) is 2.13. The molecule has 90 valence electrons. The normalized spacial score (nSPS) is 11.2. The Balaban J connectivity index is 2.64. The third-order valence-electron chi connectivity index (χ3n) is 3.28. The number of benzene rings is 1. The Morgan fingerprint density at radius 2 is 1.72 bits per heavy atom. The van der Waals surface area contributed by atoms with E-state index in [9.17, 15) is 9.59 Å². The monoisotopic (exact) mass is 240 g/mol. The Hall–Kier alpha value is -2.36. The van der Waals surface area contributed by atoms with Gasteiger partial charge in [0.25, 0.3) is 5.56 Å². The molecular formula is C14H12N2O2. The summed E-state index contributed by atoms with van der Waals surface area (Å²) in [5.74, 6) is 0. The minimum atomic E-state index is -0.247. The predicted molar refractivity (Wildman–Crippen MR) is 71.3 cm³/mol. The lowest BCUT2D eigenvalue weighted by atomic mass is 10.1. The maximum absolute atomic E-state index is 11.9. The summed E-state index contributed by atoms with van der Waals surface area (Å²) < 4.78 is 1.75. The van der Waals surface area contributed by atoms with Gasteiger partial charge in [-0.2, -0.15) is 0 Å². The molecule has 0 unspecified atom stereocenters. The fourth-order valence-electron chi connectivity index (χ4n) is 2.15. The quantitative estimate of drug-likeness (QED) is 0.609. The zero-order valence-corrected chi connectivity index (χ0v) is 10.2. The van der Waals surface area contributed by atoms with Gasteiger partial charge in [-0.1, -0.05) is 0 Å². The summed E-state index contributed by atoms with van der Waals surface area (Å²) in [6.45, 7) is 4.02. The summed E-state index contributed by atoms with van der Waals surface area (Å²) in [7, 11) is 0. The highest BCUT2D eigenvalue weighted by molar-refractivity contribution is 5.79. The molecule has 0 aliphatic carbocycles. The number of rotatable bonds is 0. The Morgan fingerprint density at radius 1 is 1.00 bits per heavy atom. The third kappa shape index (κ3) is 1.46. The minimum absolute atomic E-state index is 0.163. The summed E-state index contributed by atoms with van der Waals surface area (Å²) >= 11 is 0. The van der Waals surface area contributed by atoms with Gasteiger partial charge in [0.1, 0.15) is 5.52 Å². The molecule has 2 aromatic heterocycles. The molecule has 0 saturated heterocycles. The van der Waals surface area contributed by atoms with Gasteiger partial charge >= 0.3 is 0 Å². The second-order valence-corrected chi connectivity index (χ2v) is 4.53. The average Bonchev–Trinajstić information content (AvgIpc) is 2.32. The van der Waals surface area contributed by atoms with Gasteiger partial charge in [0.15, 0.2) is 5.43 Å². The molecule has 0 bridgehead atoms. The molecule has 1 N–H and O–H groups in total. The van der Waals surface area contributed by atoms with Crippen molar-refractivity contribution >= 4 is 16.6 Å². The van der Waals surface area contributed by atoms with Crippen LogP contribution in [0.3, 0.4) is 0 Å². The lowest BCUT2D eigenvalue weighted by Gasteiger charge is -2.08. The molecule has 0 atom stereocenters. The molecule has 3 aromatic rings. The van der Waals surface area contributed by atoms with Gasteiger partial charge < -0.3 is 9.38 Å². The summed E-state index contributed by atoms with van der Waals surface area (Å²) in [5, 5.41) is 0. The van der Waals surface area contributed by atoms with E-state index in [0.717, 1.165) is 22.2 Å². The van der Waals surface area contributed by atoms with Crippen molar-refractivity contribution in [2.75, 3.05) is 0 Å². The molecule has 0 spiro atoms. The summed E-state index contributed by atoms with van der Waals surface area (Å²) in [6.07, 6.45) is 1.64. The van der Waals surface area contributed by atoms with Crippen molar-refractivity contribution in [1.29, 1.82) is 0 Å². The number of nitrogens with zero attached hydrogens (tertiary/aromatic N) is 1. The zero-order valence-electron chi connectivity index (χ0n) is 10.2. The van der Waals surface area contributed by atoms with E-state index in [1.165, 1.54) is 12.1 Å². The van der Waals surface area contributed by atoms with Crippen LogP contribution in [-0.4, -0.2) is 9.38 Å². The number of aryl methyl sites for hydroxylation is 2. The third-order valence-corrected chi connectivity index (χ3v) is 3.28. The number of hydrogen-bond donors (Lipinski definition) is 1. The smallest absolute Gasteiger partial charge is 0.272 e. The van der Waals surface area contributed by atoms with Crippen molar-refractivity contribution in [2.45, 2.75) is 13.8 Å². The Morgan fingerprint density at radius 3 is 2.50 bits per heavy atom. The van der Waals surface area contributed by atoms with Gasteiger partial charge in [-0.25, -0.2) is 0 Å². The molecule has 2 heterocycles. The molecule has 1 aromatic carbocycles. The van der Waals surface area contributed by atoms with Gasteiger partial charge in [0, 0.05) is 18.3 Å². The van der Waals surface area contributed by atoms with E-state index in [0.29, 0.717) is 5.52 Å². The molecule has 0 saturated carbocycles.